The maximum Gasteiger partial charge on any atom is 0.226 e. The molecule has 1 N–H and O–H groups in total. The zero-order valence-electron chi connectivity index (χ0n) is 13.5. The smallest absolute Gasteiger partial charge is 0.226 e. The minimum absolute atomic E-state index is 0.0543. The van der Waals surface area contributed by atoms with Crippen LogP contribution in [-0.2, 0) is 4.74 Å². The van der Waals surface area contributed by atoms with Crippen LogP contribution in [0.15, 0.2) is 42.6 Å². The third-order valence-corrected chi connectivity index (χ3v) is 5.71. The highest BCUT2D eigenvalue weighted by molar-refractivity contribution is 7.99. The maximum absolute atomic E-state index is 6.07. The maximum atomic E-state index is 6.07. The molecule has 0 radical (unpaired) electrons. The van der Waals surface area contributed by atoms with Crippen LogP contribution >= 0.6 is 11.8 Å². The molecule has 2 saturated heterocycles. The monoisotopic (exact) mass is 343 g/mol. The molecule has 5 nitrogen and oxygen atoms in total. The van der Waals surface area contributed by atoms with Gasteiger partial charge in [-0.05, 0) is 37.1 Å². The first-order chi connectivity index (χ1) is 11.8. The lowest BCUT2D eigenvalue weighted by Gasteiger charge is -2.38. The predicted molar refractivity (Wildman–Crippen MR) is 95.8 cm³/mol. The molecule has 126 valence electrons. The molecule has 1 aromatic heterocycles. The molecule has 0 bridgehead atoms. The fourth-order valence-corrected chi connectivity index (χ4v) is 4.65. The average molecular weight is 343 g/mol. The molecule has 2 aliphatic rings. The normalized spacial score (nSPS) is 26.4. The Hall–Kier alpha value is -1.79. The SMILES string of the molecule is c1ccc(Oc2ccnc(N[C@H]3CCO[C@]4(CCSC4)C3)n2)cc1. The Morgan fingerprint density at radius 2 is 2.17 bits per heavy atom. The van der Waals surface area contributed by atoms with Gasteiger partial charge in [-0.3, -0.25) is 0 Å². The molecule has 4 rings (SSSR count). The molecule has 2 aromatic rings. The van der Waals surface area contributed by atoms with E-state index in [1.807, 2.05) is 42.1 Å². The summed E-state index contributed by atoms with van der Waals surface area (Å²) in [5.74, 6) is 4.25. The molecule has 6 heteroatoms. The minimum Gasteiger partial charge on any atom is -0.439 e. The number of rotatable bonds is 4. The summed E-state index contributed by atoms with van der Waals surface area (Å²) in [4.78, 5) is 8.83. The summed E-state index contributed by atoms with van der Waals surface area (Å²) >= 11 is 1.99. The van der Waals surface area contributed by atoms with Gasteiger partial charge in [0.05, 0.1) is 5.60 Å². The van der Waals surface area contributed by atoms with Gasteiger partial charge in [-0.25, -0.2) is 4.98 Å². The van der Waals surface area contributed by atoms with Crippen molar-refractivity contribution < 1.29 is 9.47 Å². The third-order valence-electron chi connectivity index (χ3n) is 4.49. The summed E-state index contributed by atoms with van der Waals surface area (Å²) in [6.45, 7) is 0.804. The molecule has 24 heavy (non-hydrogen) atoms. The second kappa shape index (κ2) is 6.99. The number of ether oxygens (including phenoxy) is 2. The molecule has 1 spiro atoms. The zero-order valence-corrected chi connectivity index (χ0v) is 14.3. The van der Waals surface area contributed by atoms with E-state index in [9.17, 15) is 0 Å². The van der Waals surface area contributed by atoms with E-state index in [-0.39, 0.29) is 5.60 Å². The molecule has 2 atom stereocenters. The van der Waals surface area contributed by atoms with E-state index in [2.05, 4.69) is 15.3 Å². The third kappa shape index (κ3) is 3.65. The number of nitrogens with one attached hydrogen (secondary N) is 1. The van der Waals surface area contributed by atoms with Gasteiger partial charge in [0.2, 0.25) is 11.8 Å². The van der Waals surface area contributed by atoms with Gasteiger partial charge in [-0.1, -0.05) is 18.2 Å². The summed E-state index contributed by atoms with van der Waals surface area (Å²) in [6, 6.07) is 11.8. The van der Waals surface area contributed by atoms with Gasteiger partial charge in [0.15, 0.2) is 0 Å². The highest BCUT2D eigenvalue weighted by Gasteiger charge is 2.40. The number of thioether (sulfide) groups is 1. The van der Waals surface area contributed by atoms with E-state index in [1.54, 1.807) is 12.3 Å². The van der Waals surface area contributed by atoms with E-state index >= 15 is 0 Å². The molecule has 1 aromatic carbocycles. The Kier molecular flexibility index (Phi) is 4.58. The van der Waals surface area contributed by atoms with Crippen molar-refractivity contribution in [3.63, 3.8) is 0 Å². The van der Waals surface area contributed by atoms with Gasteiger partial charge in [0.25, 0.3) is 0 Å². The second-order valence-corrected chi connectivity index (χ2v) is 7.41. The summed E-state index contributed by atoms with van der Waals surface area (Å²) in [6.07, 6.45) is 4.88. The van der Waals surface area contributed by atoms with Crippen molar-refractivity contribution >= 4 is 17.7 Å². The molecular formula is C18H21N3O2S. The fraction of sp³-hybridized carbons (Fsp3) is 0.444. The van der Waals surface area contributed by atoms with Crippen molar-refractivity contribution in [2.75, 3.05) is 23.4 Å². The summed E-state index contributed by atoms with van der Waals surface area (Å²) < 4.78 is 11.9. The van der Waals surface area contributed by atoms with Crippen LogP contribution in [0.4, 0.5) is 5.95 Å². The minimum atomic E-state index is 0.0543. The molecule has 0 saturated carbocycles. The van der Waals surface area contributed by atoms with E-state index in [1.165, 1.54) is 5.75 Å². The van der Waals surface area contributed by atoms with Crippen molar-refractivity contribution in [2.24, 2.45) is 0 Å². The van der Waals surface area contributed by atoms with Crippen molar-refractivity contribution in [3.05, 3.63) is 42.6 Å². The Morgan fingerprint density at radius 1 is 1.25 bits per heavy atom. The van der Waals surface area contributed by atoms with Crippen LogP contribution in [0.25, 0.3) is 0 Å². The topological polar surface area (TPSA) is 56.3 Å². The number of nitrogens with zero attached hydrogens (tertiary/aromatic N) is 2. The van der Waals surface area contributed by atoms with E-state index in [0.717, 1.165) is 37.4 Å². The highest BCUT2D eigenvalue weighted by Crippen LogP contribution is 2.38. The number of aromatic nitrogens is 2. The second-order valence-electron chi connectivity index (χ2n) is 6.30. The van der Waals surface area contributed by atoms with Gasteiger partial charge in [0, 0.05) is 30.7 Å². The first kappa shape index (κ1) is 15.7. The summed E-state index contributed by atoms with van der Waals surface area (Å²) in [5.41, 5.74) is 0.0543. The Bertz CT molecular complexity index is 677. The molecule has 0 amide bonds. The molecule has 3 heterocycles. The summed E-state index contributed by atoms with van der Waals surface area (Å²) in [5, 5.41) is 3.47. The van der Waals surface area contributed by atoms with Crippen LogP contribution in [0, 0.1) is 0 Å². The number of hydrogen-bond donors (Lipinski definition) is 1. The van der Waals surface area contributed by atoms with Crippen LogP contribution in [0.5, 0.6) is 11.6 Å². The largest absolute Gasteiger partial charge is 0.439 e. The fourth-order valence-electron chi connectivity index (χ4n) is 3.27. The van der Waals surface area contributed by atoms with Crippen LogP contribution < -0.4 is 10.1 Å². The quantitative estimate of drug-likeness (QED) is 0.913. The lowest BCUT2D eigenvalue weighted by Crippen LogP contribution is -2.44. The van der Waals surface area contributed by atoms with Crippen LogP contribution in [-0.4, -0.2) is 39.7 Å². The van der Waals surface area contributed by atoms with Crippen molar-refractivity contribution in [1.82, 2.24) is 9.97 Å². The van der Waals surface area contributed by atoms with E-state index < -0.39 is 0 Å². The predicted octanol–water partition coefficient (Wildman–Crippen LogP) is 3.74. The van der Waals surface area contributed by atoms with Crippen molar-refractivity contribution in [2.45, 2.75) is 30.9 Å². The zero-order chi connectivity index (χ0) is 16.2. The average Bonchev–Trinajstić information content (AvgIpc) is 3.04. The van der Waals surface area contributed by atoms with Crippen LogP contribution in [0.1, 0.15) is 19.3 Å². The molecule has 2 fully saturated rings. The van der Waals surface area contributed by atoms with Crippen molar-refractivity contribution in [1.29, 1.82) is 0 Å². The first-order valence-corrected chi connectivity index (χ1v) is 9.51. The molecule has 2 aliphatic heterocycles. The summed E-state index contributed by atoms with van der Waals surface area (Å²) in [7, 11) is 0. The highest BCUT2D eigenvalue weighted by atomic mass is 32.2. The Labute approximate surface area is 146 Å². The molecule has 0 unspecified atom stereocenters. The van der Waals surface area contributed by atoms with Crippen LogP contribution in [0.2, 0.25) is 0 Å². The van der Waals surface area contributed by atoms with Gasteiger partial charge in [-0.15, -0.1) is 0 Å². The number of anilines is 1. The molecular weight excluding hydrogens is 322 g/mol. The van der Waals surface area contributed by atoms with Gasteiger partial charge in [-0.2, -0.15) is 16.7 Å². The Morgan fingerprint density at radius 3 is 3.00 bits per heavy atom. The Balaban J connectivity index is 1.42. The van der Waals surface area contributed by atoms with Gasteiger partial charge < -0.3 is 14.8 Å². The van der Waals surface area contributed by atoms with E-state index in [0.29, 0.717) is 17.9 Å². The van der Waals surface area contributed by atoms with E-state index in [4.69, 9.17) is 9.47 Å². The standard InChI is InChI=1S/C18H21N3O2S/c1-2-4-15(5-3-1)23-16-6-9-19-17(21-16)20-14-7-10-22-18(12-14)8-11-24-13-18/h1-6,9,14H,7-8,10-13H2,(H,19,20,21)/t14-,18+/m0/s1. The number of benzene rings is 1. The van der Waals surface area contributed by atoms with Crippen LogP contribution in [0.3, 0.4) is 0 Å². The van der Waals surface area contributed by atoms with Crippen molar-refractivity contribution in [3.8, 4) is 11.6 Å². The lowest BCUT2D eigenvalue weighted by atomic mass is 9.90. The number of hydrogen-bond acceptors (Lipinski definition) is 6. The lowest BCUT2D eigenvalue weighted by molar-refractivity contribution is -0.0629. The van der Waals surface area contributed by atoms with Gasteiger partial charge in [0.1, 0.15) is 5.75 Å². The first-order valence-electron chi connectivity index (χ1n) is 8.36. The number of para-hydroxylation sites is 1. The van der Waals surface area contributed by atoms with Gasteiger partial charge >= 0.3 is 0 Å². The molecule has 0 aliphatic carbocycles.